The number of hydrogen-bond acceptors (Lipinski definition) is 5. The van der Waals surface area contributed by atoms with Crippen LogP contribution < -0.4 is 5.32 Å². The second-order valence-corrected chi connectivity index (χ2v) is 8.56. The van der Waals surface area contributed by atoms with Gasteiger partial charge >= 0.3 is 5.69 Å². The maximum absolute atomic E-state index is 12.8. The van der Waals surface area contributed by atoms with Crippen LogP contribution in [0.1, 0.15) is 32.9 Å². The molecule has 2 aromatic heterocycles. The van der Waals surface area contributed by atoms with Crippen molar-refractivity contribution in [3.8, 4) is 0 Å². The highest BCUT2D eigenvalue weighted by atomic mass is 79.9. The zero-order chi connectivity index (χ0) is 23.5. The molecule has 0 unspecified atom stereocenters. The molecule has 9 nitrogen and oxygen atoms in total. The van der Waals surface area contributed by atoms with Crippen molar-refractivity contribution in [3.05, 3.63) is 104 Å². The number of benzene rings is 2. The van der Waals surface area contributed by atoms with Crippen LogP contribution in [0.4, 0.5) is 11.4 Å². The quantitative estimate of drug-likeness (QED) is 0.287. The SMILES string of the molecule is Cc1nn(Cc2cccc(C(=O)Nc3cnn(Cc4ccc(Br)cc4)c3)c2)c(C)c1[N+](=O)[O-]. The molecule has 168 valence electrons. The summed E-state index contributed by atoms with van der Waals surface area (Å²) in [5, 5.41) is 22.7. The molecule has 0 aliphatic carbocycles. The molecule has 4 aromatic rings. The number of carbonyl (C=O) groups is 1. The minimum atomic E-state index is -0.422. The molecule has 2 heterocycles. The molecule has 10 heteroatoms. The molecule has 0 saturated heterocycles. The average Bonchev–Trinajstić information content (AvgIpc) is 3.33. The van der Waals surface area contributed by atoms with Crippen molar-refractivity contribution in [1.29, 1.82) is 0 Å². The Morgan fingerprint density at radius 2 is 1.88 bits per heavy atom. The molecule has 0 aliphatic heterocycles. The summed E-state index contributed by atoms with van der Waals surface area (Å²) in [4.78, 5) is 23.6. The van der Waals surface area contributed by atoms with Crippen LogP contribution in [0.3, 0.4) is 0 Å². The molecule has 0 bridgehead atoms. The molecular weight excluding hydrogens is 488 g/mol. The second kappa shape index (κ2) is 9.37. The number of aromatic nitrogens is 4. The van der Waals surface area contributed by atoms with Gasteiger partial charge in [-0.25, -0.2) is 0 Å². The van der Waals surface area contributed by atoms with Crippen molar-refractivity contribution >= 4 is 33.2 Å². The first-order valence-electron chi connectivity index (χ1n) is 10.2. The molecule has 0 fully saturated rings. The van der Waals surface area contributed by atoms with E-state index in [4.69, 9.17) is 0 Å². The zero-order valence-electron chi connectivity index (χ0n) is 18.0. The van der Waals surface area contributed by atoms with Crippen LogP contribution in [0.2, 0.25) is 0 Å². The highest BCUT2D eigenvalue weighted by Crippen LogP contribution is 2.23. The standard InChI is InChI=1S/C23H21BrN6O3/c1-15-22(30(32)33)16(2)29(27-15)13-18-4-3-5-19(10-18)23(31)26-21-11-25-28(14-21)12-17-6-8-20(24)9-7-17/h3-11,14H,12-13H2,1-2H3,(H,26,31). The van der Waals surface area contributed by atoms with Gasteiger partial charge in [-0.2, -0.15) is 10.2 Å². The summed E-state index contributed by atoms with van der Waals surface area (Å²) in [5.41, 5.74) is 3.84. The lowest BCUT2D eigenvalue weighted by Gasteiger charge is -2.07. The van der Waals surface area contributed by atoms with Gasteiger partial charge in [0.1, 0.15) is 11.4 Å². The summed E-state index contributed by atoms with van der Waals surface area (Å²) in [6.45, 7) is 4.20. The van der Waals surface area contributed by atoms with E-state index in [1.807, 2.05) is 30.3 Å². The molecule has 0 atom stereocenters. The van der Waals surface area contributed by atoms with Crippen LogP contribution in [0.15, 0.2) is 65.4 Å². The number of rotatable bonds is 7. The lowest BCUT2D eigenvalue weighted by atomic mass is 10.1. The number of halogens is 1. The monoisotopic (exact) mass is 508 g/mol. The van der Waals surface area contributed by atoms with E-state index < -0.39 is 4.92 Å². The van der Waals surface area contributed by atoms with E-state index in [0.29, 0.717) is 35.7 Å². The van der Waals surface area contributed by atoms with Gasteiger partial charge in [-0.15, -0.1) is 0 Å². The third-order valence-corrected chi connectivity index (χ3v) is 5.72. The minimum Gasteiger partial charge on any atom is -0.319 e. The molecule has 1 amide bonds. The number of amides is 1. The van der Waals surface area contributed by atoms with Gasteiger partial charge in [0.05, 0.1) is 29.9 Å². The highest BCUT2D eigenvalue weighted by Gasteiger charge is 2.21. The number of hydrogen-bond donors (Lipinski definition) is 1. The van der Waals surface area contributed by atoms with E-state index in [1.54, 1.807) is 53.8 Å². The summed E-state index contributed by atoms with van der Waals surface area (Å²) < 4.78 is 4.35. The Labute approximate surface area is 198 Å². The number of anilines is 1. The summed E-state index contributed by atoms with van der Waals surface area (Å²) in [6.07, 6.45) is 3.38. The molecule has 2 aromatic carbocycles. The Kier molecular flexibility index (Phi) is 6.36. The fourth-order valence-electron chi connectivity index (χ4n) is 3.58. The van der Waals surface area contributed by atoms with Gasteiger partial charge in [0.2, 0.25) is 0 Å². The van der Waals surface area contributed by atoms with Gasteiger partial charge in [0.15, 0.2) is 0 Å². The maximum atomic E-state index is 12.8. The van der Waals surface area contributed by atoms with Crippen LogP contribution in [0.25, 0.3) is 0 Å². The first-order chi connectivity index (χ1) is 15.8. The molecule has 1 N–H and O–H groups in total. The van der Waals surface area contributed by atoms with Crippen LogP contribution in [-0.4, -0.2) is 30.4 Å². The molecule has 0 saturated carbocycles. The largest absolute Gasteiger partial charge is 0.319 e. The van der Waals surface area contributed by atoms with Crippen LogP contribution in [-0.2, 0) is 13.1 Å². The summed E-state index contributed by atoms with van der Waals surface area (Å²) in [5.74, 6) is -0.264. The van der Waals surface area contributed by atoms with E-state index >= 15 is 0 Å². The molecule has 4 rings (SSSR count). The molecular formula is C23H21BrN6O3. The average molecular weight is 509 g/mol. The third kappa shape index (κ3) is 5.17. The topological polar surface area (TPSA) is 108 Å². The first-order valence-corrected chi connectivity index (χ1v) is 10.9. The molecule has 0 radical (unpaired) electrons. The van der Waals surface area contributed by atoms with Gasteiger partial charge < -0.3 is 5.32 Å². The predicted octanol–water partition coefficient (Wildman–Crippen LogP) is 4.72. The van der Waals surface area contributed by atoms with Crippen molar-refractivity contribution in [2.45, 2.75) is 26.9 Å². The lowest BCUT2D eigenvalue weighted by Crippen LogP contribution is -2.12. The van der Waals surface area contributed by atoms with Gasteiger partial charge in [0.25, 0.3) is 5.91 Å². The third-order valence-electron chi connectivity index (χ3n) is 5.20. The van der Waals surface area contributed by atoms with Crippen molar-refractivity contribution in [3.63, 3.8) is 0 Å². The Balaban J connectivity index is 1.44. The Morgan fingerprint density at radius 3 is 2.58 bits per heavy atom. The highest BCUT2D eigenvalue weighted by molar-refractivity contribution is 9.10. The van der Waals surface area contributed by atoms with Crippen molar-refractivity contribution < 1.29 is 9.72 Å². The van der Waals surface area contributed by atoms with Gasteiger partial charge in [-0.1, -0.05) is 40.2 Å². The fraction of sp³-hybridized carbons (Fsp3) is 0.174. The normalized spacial score (nSPS) is 10.9. The van der Waals surface area contributed by atoms with Crippen LogP contribution >= 0.6 is 15.9 Å². The van der Waals surface area contributed by atoms with Gasteiger partial charge in [-0.3, -0.25) is 24.3 Å². The Morgan fingerprint density at radius 1 is 1.12 bits per heavy atom. The molecule has 0 spiro atoms. The smallest absolute Gasteiger partial charge is 0.312 e. The Bertz CT molecular complexity index is 1330. The van der Waals surface area contributed by atoms with Crippen LogP contribution in [0, 0.1) is 24.0 Å². The predicted molar refractivity (Wildman–Crippen MR) is 127 cm³/mol. The van der Waals surface area contributed by atoms with E-state index in [0.717, 1.165) is 15.6 Å². The summed E-state index contributed by atoms with van der Waals surface area (Å²) in [6, 6.07) is 15.1. The minimum absolute atomic E-state index is 0.0176. The molecule has 33 heavy (non-hydrogen) atoms. The second-order valence-electron chi connectivity index (χ2n) is 7.64. The van der Waals surface area contributed by atoms with Gasteiger partial charge in [-0.05, 0) is 49.2 Å². The number of nitro groups is 1. The van der Waals surface area contributed by atoms with Gasteiger partial charge in [0, 0.05) is 16.2 Å². The molecule has 0 aliphatic rings. The number of nitrogens with zero attached hydrogens (tertiary/aromatic N) is 5. The van der Waals surface area contributed by atoms with Crippen molar-refractivity contribution in [2.75, 3.05) is 5.32 Å². The van der Waals surface area contributed by atoms with Crippen molar-refractivity contribution in [2.24, 2.45) is 0 Å². The summed E-state index contributed by atoms with van der Waals surface area (Å²) in [7, 11) is 0. The maximum Gasteiger partial charge on any atom is 0.312 e. The van der Waals surface area contributed by atoms with E-state index in [2.05, 4.69) is 31.4 Å². The van der Waals surface area contributed by atoms with Crippen molar-refractivity contribution in [1.82, 2.24) is 19.6 Å². The summed E-state index contributed by atoms with van der Waals surface area (Å²) >= 11 is 3.42. The van der Waals surface area contributed by atoms with Crippen LogP contribution in [0.5, 0.6) is 0 Å². The first kappa shape index (κ1) is 22.4. The Hall–Kier alpha value is -3.79. The van der Waals surface area contributed by atoms with E-state index in [9.17, 15) is 14.9 Å². The lowest BCUT2D eigenvalue weighted by molar-refractivity contribution is -0.386. The number of aryl methyl sites for hydroxylation is 1. The fourth-order valence-corrected chi connectivity index (χ4v) is 3.85. The van der Waals surface area contributed by atoms with E-state index in [-0.39, 0.29) is 11.6 Å². The zero-order valence-corrected chi connectivity index (χ0v) is 19.6. The number of nitrogens with one attached hydrogen (secondary N) is 1. The number of carbonyl (C=O) groups excluding carboxylic acids is 1. The van der Waals surface area contributed by atoms with E-state index in [1.165, 1.54) is 0 Å².